The molecule has 0 radical (unpaired) electrons. The van der Waals surface area contributed by atoms with E-state index in [0.29, 0.717) is 11.7 Å². The lowest BCUT2D eigenvalue weighted by Gasteiger charge is -2.18. The SMILES string of the molecule is CC(C)(C)Oc1ncc(N)cn1. The van der Waals surface area contributed by atoms with E-state index in [-0.39, 0.29) is 5.60 Å². The van der Waals surface area contributed by atoms with Crippen molar-refractivity contribution in [2.24, 2.45) is 0 Å². The Bertz CT molecular complexity index is 250. The van der Waals surface area contributed by atoms with Gasteiger partial charge in [0.1, 0.15) is 5.60 Å². The highest BCUT2D eigenvalue weighted by molar-refractivity contribution is 5.30. The largest absolute Gasteiger partial charge is 0.458 e. The normalized spacial score (nSPS) is 11.2. The zero-order valence-electron chi connectivity index (χ0n) is 7.53. The molecule has 2 N–H and O–H groups in total. The first-order chi connectivity index (χ1) is 5.47. The summed E-state index contributed by atoms with van der Waals surface area (Å²) in [7, 11) is 0. The summed E-state index contributed by atoms with van der Waals surface area (Å²) < 4.78 is 5.38. The predicted octanol–water partition coefficient (Wildman–Crippen LogP) is 1.24. The van der Waals surface area contributed by atoms with Crippen LogP contribution in [0.1, 0.15) is 20.8 Å². The summed E-state index contributed by atoms with van der Waals surface area (Å²) in [5.41, 5.74) is 5.68. The topological polar surface area (TPSA) is 61.0 Å². The van der Waals surface area contributed by atoms with Gasteiger partial charge in [0.05, 0.1) is 18.1 Å². The number of anilines is 1. The lowest BCUT2D eigenvalue weighted by Crippen LogP contribution is -2.24. The minimum atomic E-state index is -0.268. The second-order valence-corrected chi connectivity index (χ2v) is 3.51. The third-order valence-corrected chi connectivity index (χ3v) is 1.05. The van der Waals surface area contributed by atoms with Crippen molar-refractivity contribution in [2.75, 3.05) is 5.73 Å². The van der Waals surface area contributed by atoms with Crippen LogP contribution in [0.2, 0.25) is 0 Å². The van der Waals surface area contributed by atoms with Gasteiger partial charge in [-0.15, -0.1) is 0 Å². The third kappa shape index (κ3) is 2.74. The van der Waals surface area contributed by atoms with Crippen LogP contribution >= 0.6 is 0 Å². The van der Waals surface area contributed by atoms with Crippen molar-refractivity contribution in [3.63, 3.8) is 0 Å². The number of ether oxygens (including phenoxy) is 1. The van der Waals surface area contributed by atoms with Crippen molar-refractivity contribution in [3.8, 4) is 6.01 Å². The summed E-state index contributed by atoms with van der Waals surface area (Å²) in [4.78, 5) is 7.81. The molecule has 0 amide bonds. The van der Waals surface area contributed by atoms with E-state index in [2.05, 4.69) is 9.97 Å². The van der Waals surface area contributed by atoms with Crippen molar-refractivity contribution < 1.29 is 4.74 Å². The van der Waals surface area contributed by atoms with Gasteiger partial charge in [0, 0.05) is 0 Å². The van der Waals surface area contributed by atoms with Crippen molar-refractivity contribution in [2.45, 2.75) is 26.4 Å². The average Bonchev–Trinajstić information content (AvgIpc) is 1.91. The fourth-order valence-electron chi connectivity index (χ4n) is 0.653. The first-order valence-corrected chi connectivity index (χ1v) is 3.74. The first-order valence-electron chi connectivity index (χ1n) is 3.74. The molecule has 0 spiro atoms. The van der Waals surface area contributed by atoms with Gasteiger partial charge in [0.25, 0.3) is 0 Å². The monoisotopic (exact) mass is 167 g/mol. The van der Waals surface area contributed by atoms with Crippen LogP contribution in [0.25, 0.3) is 0 Å². The molecule has 0 bridgehead atoms. The third-order valence-electron chi connectivity index (χ3n) is 1.05. The van der Waals surface area contributed by atoms with Gasteiger partial charge >= 0.3 is 6.01 Å². The molecule has 66 valence electrons. The van der Waals surface area contributed by atoms with Gasteiger partial charge < -0.3 is 10.5 Å². The van der Waals surface area contributed by atoms with E-state index in [4.69, 9.17) is 10.5 Å². The standard InChI is InChI=1S/C8H13N3O/c1-8(2,3)12-7-10-4-6(9)5-11-7/h4-5H,9H2,1-3H3. The smallest absolute Gasteiger partial charge is 0.316 e. The molecule has 0 fully saturated rings. The number of nitrogens with two attached hydrogens (primary N) is 1. The highest BCUT2D eigenvalue weighted by Crippen LogP contribution is 2.12. The maximum Gasteiger partial charge on any atom is 0.316 e. The van der Waals surface area contributed by atoms with Crippen LogP contribution < -0.4 is 10.5 Å². The Hall–Kier alpha value is -1.32. The first kappa shape index (κ1) is 8.77. The molecule has 0 saturated carbocycles. The van der Waals surface area contributed by atoms with Crippen LogP contribution in [0.4, 0.5) is 5.69 Å². The number of aromatic nitrogens is 2. The van der Waals surface area contributed by atoms with Crippen LogP contribution in [0.3, 0.4) is 0 Å². The zero-order chi connectivity index (χ0) is 9.19. The molecule has 1 heterocycles. The summed E-state index contributed by atoms with van der Waals surface area (Å²) in [6, 6.07) is 0.358. The average molecular weight is 167 g/mol. The number of rotatable bonds is 1. The van der Waals surface area contributed by atoms with E-state index in [1.165, 1.54) is 12.4 Å². The number of nitrogen functional groups attached to an aromatic ring is 1. The maximum atomic E-state index is 5.41. The van der Waals surface area contributed by atoms with Crippen LogP contribution in [-0.2, 0) is 0 Å². The summed E-state index contributed by atoms with van der Waals surface area (Å²) in [6.45, 7) is 5.81. The second-order valence-electron chi connectivity index (χ2n) is 3.51. The minimum Gasteiger partial charge on any atom is -0.458 e. The van der Waals surface area contributed by atoms with Gasteiger partial charge in [-0.3, -0.25) is 0 Å². The Morgan fingerprint density at radius 3 is 2.17 bits per heavy atom. The van der Waals surface area contributed by atoms with Crippen molar-refractivity contribution in [1.82, 2.24) is 9.97 Å². The van der Waals surface area contributed by atoms with Gasteiger partial charge in [-0.05, 0) is 20.8 Å². The predicted molar refractivity (Wildman–Crippen MR) is 46.8 cm³/mol. The van der Waals surface area contributed by atoms with Crippen molar-refractivity contribution in [1.29, 1.82) is 0 Å². The quantitative estimate of drug-likeness (QED) is 0.683. The minimum absolute atomic E-state index is 0.268. The van der Waals surface area contributed by atoms with E-state index in [1.54, 1.807) is 0 Å². The molecule has 0 unspecified atom stereocenters. The van der Waals surface area contributed by atoms with Crippen LogP contribution in [0.5, 0.6) is 6.01 Å². The van der Waals surface area contributed by atoms with E-state index < -0.39 is 0 Å². The zero-order valence-corrected chi connectivity index (χ0v) is 7.53. The Balaban J connectivity index is 2.71. The summed E-state index contributed by atoms with van der Waals surface area (Å²) in [5.74, 6) is 0. The lowest BCUT2D eigenvalue weighted by atomic mass is 10.2. The Morgan fingerprint density at radius 2 is 1.75 bits per heavy atom. The van der Waals surface area contributed by atoms with Gasteiger partial charge in [-0.1, -0.05) is 0 Å². The molecule has 1 aromatic heterocycles. The molecular weight excluding hydrogens is 154 g/mol. The van der Waals surface area contributed by atoms with E-state index >= 15 is 0 Å². The molecule has 4 nitrogen and oxygen atoms in total. The van der Waals surface area contributed by atoms with E-state index in [0.717, 1.165) is 0 Å². The summed E-state index contributed by atoms with van der Waals surface area (Å²) in [6.07, 6.45) is 3.04. The second kappa shape index (κ2) is 2.97. The molecule has 12 heavy (non-hydrogen) atoms. The fraction of sp³-hybridized carbons (Fsp3) is 0.500. The Labute approximate surface area is 71.8 Å². The molecule has 0 aliphatic carbocycles. The van der Waals surface area contributed by atoms with Crippen LogP contribution in [0.15, 0.2) is 12.4 Å². The number of hydrogen-bond donors (Lipinski definition) is 1. The van der Waals surface area contributed by atoms with Crippen molar-refractivity contribution >= 4 is 5.69 Å². The van der Waals surface area contributed by atoms with Gasteiger partial charge in [0.15, 0.2) is 0 Å². The van der Waals surface area contributed by atoms with Gasteiger partial charge in [-0.25, -0.2) is 9.97 Å². The lowest BCUT2D eigenvalue weighted by molar-refractivity contribution is 0.117. The van der Waals surface area contributed by atoms with E-state index in [9.17, 15) is 0 Å². The number of nitrogens with zero attached hydrogens (tertiary/aromatic N) is 2. The maximum absolute atomic E-state index is 5.41. The molecule has 4 heteroatoms. The fourth-order valence-corrected chi connectivity index (χ4v) is 0.653. The molecule has 0 aromatic carbocycles. The molecule has 0 aliphatic rings. The molecule has 0 saturated heterocycles. The van der Waals surface area contributed by atoms with Crippen LogP contribution in [0, 0.1) is 0 Å². The molecule has 1 rings (SSSR count). The Kier molecular flexibility index (Phi) is 2.17. The van der Waals surface area contributed by atoms with Gasteiger partial charge in [0.2, 0.25) is 0 Å². The molecule has 0 atom stereocenters. The summed E-state index contributed by atoms with van der Waals surface area (Å²) >= 11 is 0. The molecule has 1 aromatic rings. The van der Waals surface area contributed by atoms with Crippen molar-refractivity contribution in [3.05, 3.63) is 12.4 Å². The Morgan fingerprint density at radius 1 is 1.25 bits per heavy atom. The van der Waals surface area contributed by atoms with E-state index in [1.807, 2.05) is 20.8 Å². The molecular formula is C8H13N3O. The number of hydrogen-bond acceptors (Lipinski definition) is 4. The summed E-state index contributed by atoms with van der Waals surface area (Å²) in [5, 5.41) is 0. The van der Waals surface area contributed by atoms with Crippen LogP contribution in [-0.4, -0.2) is 15.6 Å². The van der Waals surface area contributed by atoms with Gasteiger partial charge in [-0.2, -0.15) is 0 Å². The molecule has 0 aliphatic heterocycles. The highest BCUT2D eigenvalue weighted by Gasteiger charge is 2.12. The highest BCUT2D eigenvalue weighted by atomic mass is 16.5.